The third-order valence-electron chi connectivity index (χ3n) is 3.36. The van der Waals surface area contributed by atoms with Crippen molar-refractivity contribution in [3.8, 4) is 0 Å². The Bertz CT molecular complexity index is 122. The van der Waals surface area contributed by atoms with E-state index in [9.17, 15) is 0 Å². The molecule has 0 spiro atoms. The molecule has 1 aliphatic carbocycles. The molecule has 0 radical (unpaired) electrons. The zero-order valence-corrected chi connectivity index (χ0v) is 9.31. The molecule has 1 saturated carbocycles. The zero-order valence-electron chi connectivity index (χ0n) is 9.31. The lowest BCUT2D eigenvalue weighted by atomic mass is 9.96. The van der Waals surface area contributed by atoms with Crippen molar-refractivity contribution in [1.82, 2.24) is 5.32 Å². The lowest BCUT2D eigenvalue weighted by Gasteiger charge is -2.14. The van der Waals surface area contributed by atoms with Gasteiger partial charge in [-0.2, -0.15) is 0 Å². The Morgan fingerprint density at radius 2 is 1.62 bits per heavy atom. The third-order valence-corrected chi connectivity index (χ3v) is 3.36. The molecule has 0 bridgehead atoms. The molecule has 1 aliphatic rings. The van der Waals surface area contributed by atoms with E-state index in [1.165, 1.54) is 51.5 Å². The van der Waals surface area contributed by atoms with Gasteiger partial charge in [0.15, 0.2) is 0 Å². The van der Waals surface area contributed by atoms with Crippen LogP contribution in [0.5, 0.6) is 0 Å². The number of rotatable bonds is 2. The first-order valence-corrected chi connectivity index (χ1v) is 5.97. The van der Waals surface area contributed by atoms with E-state index in [4.69, 9.17) is 0 Å². The smallest absolute Gasteiger partial charge is 0.00235 e. The van der Waals surface area contributed by atoms with Crippen molar-refractivity contribution < 1.29 is 0 Å². The molecule has 1 nitrogen and oxygen atoms in total. The molecule has 0 aliphatic heterocycles. The van der Waals surface area contributed by atoms with Crippen LogP contribution in [-0.4, -0.2) is 13.6 Å². The molecular weight excluding hydrogens is 158 g/mol. The van der Waals surface area contributed by atoms with Crippen molar-refractivity contribution >= 4 is 0 Å². The molecule has 0 heterocycles. The van der Waals surface area contributed by atoms with E-state index in [0.717, 1.165) is 11.8 Å². The van der Waals surface area contributed by atoms with Crippen molar-refractivity contribution in [2.75, 3.05) is 13.6 Å². The van der Waals surface area contributed by atoms with Gasteiger partial charge in [0.25, 0.3) is 0 Å². The van der Waals surface area contributed by atoms with Gasteiger partial charge in [0.05, 0.1) is 0 Å². The molecule has 1 rings (SSSR count). The number of hydrogen-bond acceptors (Lipinski definition) is 1. The second-order valence-electron chi connectivity index (χ2n) is 4.74. The summed E-state index contributed by atoms with van der Waals surface area (Å²) < 4.78 is 0. The van der Waals surface area contributed by atoms with Crippen LogP contribution < -0.4 is 5.32 Å². The zero-order chi connectivity index (χ0) is 9.52. The van der Waals surface area contributed by atoms with Crippen LogP contribution in [0.2, 0.25) is 0 Å². The van der Waals surface area contributed by atoms with Gasteiger partial charge in [0.1, 0.15) is 0 Å². The summed E-state index contributed by atoms with van der Waals surface area (Å²) in [7, 11) is 2.08. The van der Waals surface area contributed by atoms with Crippen LogP contribution in [0.25, 0.3) is 0 Å². The van der Waals surface area contributed by atoms with E-state index < -0.39 is 0 Å². The number of hydrogen-bond donors (Lipinski definition) is 1. The molecule has 1 heteroatoms. The van der Waals surface area contributed by atoms with E-state index in [-0.39, 0.29) is 0 Å². The molecule has 0 aromatic carbocycles. The van der Waals surface area contributed by atoms with E-state index in [2.05, 4.69) is 19.3 Å². The highest BCUT2D eigenvalue weighted by atomic mass is 14.8. The monoisotopic (exact) mass is 183 g/mol. The maximum Gasteiger partial charge on any atom is -0.00235 e. The van der Waals surface area contributed by atoms with Gasteiger partial charge in [0, 0.05) is 0 Å². The minimum absolute atomic E-state index is 0.954. The molecule has 1 N–H and O–H groups in total. The fourth-order valence-corrected chi connectivity index (χ4v) is 2.46. The van der Waals surface area contributed by atoms with Crippen LogP contribution in [0.4, 0.5) is 0 Å². The molecule has 0 amide bonds. The Morgan fingerprint density at radius 1 is 1.00 bits per heavy atom. The summed E-state index contributed by atoms with van der Waals surface area (Å²) in [6, 6.07) is 0. The summed E-state index contributed by atoms with van der Waals surface area (Å²) in [6.45, 7) is 3.65. The van der Waals surface area contributed by atoms with E-state index >= 15 is 0 Å². The molecule has 1 fully saturated rings. The normalized spacial score (nSPS) is 31.8. The minimum Gasteiger partial charge on any atom is -0.319 e. The lowest BCUT2D eigenvalue weighted by Crippen LogP contribution is -2.18. The van der Waals surface area contributed by atoms with Crippen LogP contribution in [-0.2, 0) is 0 Å². The highest BCUT2D eigenvalue weighted by molar-refractivity contribution is 4.66. The van der Waals surface area contributed by atoms with Gasteiger partial charge in [-0.1, -0.05) is 39.0 Å². The molecular formula is C12H25N. The number of nitrogens with one attached hydrogen (secondary N) is 1. The Morgan fingerprint density at radius 3 is 2.38 bits per heavy atom. The van der Waals surface area contributed by atoms with Crippen LogP contribution in [0, 0.1) is 11.8 Å². The quantitative estimate of drug-likeness (QED) is 0.693. The molecule has 13 heavy (non-hydrogen) atoms. The average Bonchev–Trinajstić information content (AvgIpc) is 2.20. The van der Waals surface area contributed by atoms with Gasteiger partial charge < -0.3 is 5.32 Å². The van der Waals surface area contributed by atoms with E-state index in [1.54, 1.807) is 0 Å². The molecule has 0 saturated heterocycles. The predicted molar refractivity (Wildman–Crippen MR) is 58.9 cm³/mol. The van der Waals surface area contributed by atoms with Crippen LogP contribution in [0.1, 0.15) is 51.9 Å². The van der Waals surface area contributed by atoms with Gasteiger partial charge in [-0.25, -0.2) is 0 Å². The average molecular weight is 183 g/mol. The fraction of sp³-hybridized carbons (Fsp3) is 1.00. The lowest BCUT2D eigenvalue weighted by molar-refractivity contribution is 0.408. The second kappa shape index (κ2) is 6.42. The summed E-state index contributed by atoms with van der Waals surface area (Å²) in [4.78, 5) is 0. The van der Waals surface area contributed by atoms with Crippen molar-refractivity contribution in [1.29, 1.82) is 0 Å². The van der Waals surface area contributed by atoms with Crippen LogP contribution >= 0.6 is 0 Å². The Labute approximate surface area is 83.3 Å². The highest BCUT2D eigenvalue weighted by Gasteiger charge is 2.11. The molecule has 2 atom stereocenters. The van der Waals surface area contributed by atoms with E-state index in [1.807, 2.05) is 0 Å². The SMILES string of the molecule is CNCC1CCCC[C@@H](C)CCC1. The van der Waals surface area contributed by atoms with Crippen molar-refractivity contribution in [3.63, 3.8) is 0 Å². The van der Waals surface area contributed by atoms with Crippen LogP contribution in [0.15, 0.2) is 0 Å². The van der Waals surface area contributed by atoms with Crippen molar-refractivity contribution in [3.05, 3.63) is 0 Å². The van der Waals surface area contributed by atoms with Gasteiger partial charge in [-0.15, -0.1) is 0 Å². The van der Waals surface area contributed by atoms with Crippen molar-refractivity contribution in [2.45, 2.75) is 51.9 Å². The Hall–Kier alpha value is -0.0400. The summed E-state index contributed by atoms with van der Waals surface area (Å²) in [5.41, 5.74) is 0. The fourth-order valence-electron chi connectivity index (χ4n) is 2.46. The Kier molecular flexibility index (Phi) is 5.45. The van der Waals surface area contributed by atoms with Gasteiger partial charge in [-0.3, -0.25) is 0 Å². The summed E-state index contributed by atoms with van der Waals surface area (Å²) in [5.74, 6) is 1.93. The summed E-state index contributed by atoms with van der Waals surface area (Å²) >= 11 is 0. The third kappa shape index (κ3) is 4.66. The summed E-state index contributed by atoms with van der Waals surface area (Å²) in [5, 5.41) is 3.32. The standard InChI is InChI=1S/C12H25N/c1-11-6-3-4-8-12(10-13-2)9-5-7-11/h11-13H,3-10H2,1-2H3/t11-,12?/m1/s1. The summed E-state index contributed by atoms with van der Waals surface area (Å²) in [6.07, 6.45) is 10.2. The highest BCUT2D eigenvalue weighted by Crippen LogP contribution is 2.24. The largest absolute Gasteiger partial charge is 0.319 e. The molecule has 1 unspecified atom stereocenters. The predicted octanol–water partition coefficient (Wildman–Crippen LogP) is 3.20. The maximum absolute atomic E-state index is 3.32. The molecule has 0 aromatic heterocycles. The second-order valence-corrected chi connectivity index (χ2v) is 4.74. The van der Waals surface area contributed by atoms with E-state index in [0.29, 0.717) is 0 Å². The molecule has 0 aromatic rings. The molecule has 78 valence electrons. The maximum atomic E-state index is 3.32. The Balaban J connectivity index is 2.25. The first kappa shape index (κ1) is 11.0. The topological polar surface area (TPSA) is 12.0 Å². The van der Waals surface area contributed by atoms with Crippen molar-refractivity contribution in [2.24, 2.45) is 11.8 Å². The van der Waals surface area contributed by atoms with Gasteiger partial charge in [-0.05, 0) is 38.3 Å². The van der Waals surface area contributed by atoms with Gasteiger partial charge in [0.2, 0.25) is 0 Å². The van der Waals surface area contributed by atoms with Gasteiger partial charge >= 0.3 is 0 Å². The first-order valence-electron chi connectivity index (χ1n) is 5.97. The minimum atomic E-state index is 0.954. The first-order chi connectivity index (χ1) is 6.33. The van der Waals surface area contributed by atoms with Crippen LogP contribution in [0.3, 0.4) is 0 Å².